The molecule has 1 aromatic heterocycles. The van der Waals surface area contributed by atoms with Gasteiger partial charge in [0.25, 0.3) is 5.56 Å². The number of hydrazone groups is 1. The Labute approximate surface area is 135 Å². The molecule has 0 bridgehead atoms. The highest BCUT2D eigenvalue weighted by molar-refractivity contribution is 5.87. The molecule has 0 atom stereocenters. The Morgan fingerprint density at radius 1 is 1.13 bits per heavy atom. The Morgan fingerprint density at radius 2 is 1.87 bits per heavy atom. The summed E-state index contributed by atoms with van der Waals surface area (Å²) in [6, 6.07) is 17.7. The molecule has 0 spiro atoms. The molecule has 23 heavy (non-hydrogen) atoms. The molecule has 0 saturated carbocycles. The van der Waals surface area contributed by atoms with E-state index in [4.69, 9.17) is 0 Å². The molecule has 0 aliphatic rings. The van der Waals surface area contributed by atoms with Crippen LogP contribution in [0.15, 0.2) is 64.5 Å². The third kappa shape index (κ3) is 3.31. The summed E-state index contributed by atoms with van der Waals surface area (Å²) in [5.74, 6) is 0. The van der Waals surface area contributed by atoms with Crippen LogP contribution in [0.2, 0.25) is 0 Å². The number of aromatic amines is 1. The lowest BCUT2D eigenvalue weighted by molar-refractivity contribution is 0.897. The van der Waals surface area contributed by atoms with Crippen molar-refractivity contribution in [2.24, 2.45) is 5.10 Å². The van der Waals surface area contributed by atoms with E-state index in [2.05, 4.69) is 29.1 Å². The number of H-pyrrole nitrogens is 1. The highest BCUT2D eigenvalue weighted by Gasteiger charge is 2.03. The molecule has 2 aromatic carbocycles. The Bertz CT molecular complexity index is 894. The fourth-order valence-electron chi connectivity index (χ4n) is 2.44. The van der Waals surface area contributed by atoms with Crippen LogP contribution < -0.4 is 10.6 Å². The van der Waals surface area contributed by atoms with Crippen molar-refractivity contribution in [3.8, 4) is 0 Å². The third-order valence-corrected chi connectivity index (χ3v) is 3.75. The van der Waals surface area contributed by atoms with E-state index in [1.165, 1.54) is 5.56 Å². The van der Waals surface area contributed by atoms with E-state index in [1.807, 2.05) is 54.4 Å². The van der Waals surface area contributed by atoms with Crippen molar-refractivity contribution >= 4 is 22.8 Å². The maximum absolute atomic E-state index is 12.1. The van der Waals surface area contributed by atoms with Crippen LogP contribution >= 0.6 is 0 Å². The first-order chi connectivity index (χ1) is 11.2. The predicted molar refractivity (Wildman–Crippen MR) is 96.4 cm³/mol. The van der Waals surface area contributed by atoms with Gasteiger partial charge in [-0.05, 0) is 43.5 Å². The summed E-state index contributed by atoms with van der Waals surface area (Å²) in [5.41, 5.74) is 3.47. The minimum Gasteiger partial charge on any atom is -0.321 e. The van der Waals surface area contributed by atoms with E-state index in [-0.39, 0.29) is 5.56 Å². The first-order valence-corrected chi connectivity index (χ1v) is 7.67. The minimum atomic E-state index is -0.132. The first-order valence-electron chi connectivity index (χ1n) is 7.67. The van der Waals surface area contributed by atoms with Gasteiger partial charge in [-0.25, -0.2) is 0 Å². The summed E-state index contributed by atoms with van der Waals surface area (Å²) in [7, 11) is 0. The van der Waals surface area contributed by atoms with Crippen molar-refractivity contribution in [3.05, 3.63) is 76.1 Å². The highest BCUT2D eigenvalue weighted by atomic mass is 16.1. The number of hydrogen-bond acceptors (Lipinski definition) is 3. The first kappa shape index (κ1) is 15.0. The molecule has 1 N–H and O–H groups in total. The number of nitrogens with one attached hydrogen (secondary N) is 1. The average molecular weight is 305 g/mol. The number of para-hydroxylation sites is 1. The van der Waals surface area contributed by atoms with Crippen LogP contribution in [-0.4, -0.2) is 17.7 Å². The number of fused-ring (bicyclic) bond motifs is 1. The summed E-state index contributed by atoms with van der Waals surface area (Å²) in [6.45, 7) is 4.81. The standard InChI is InChI=1S/C19H19N3O/c1-3-22(17-10-8-14(2)9-11-17)20-13-16-12-15-6-4-5-7-18(15)21-19(16)23/h4-13H,3H2,1-2H3,(H,21,23). The van der Waals surface area contributed by atoms with Crippen LogP contribution in [-0.2, 0) is 0 Å². The molecule has 3 aromatic rings. The topological polar surface area (TPSA) is 48.5 Å². The molecule has 116 valence electrons. The van der Waals surface area contributed by atoms with E-state index in [9.17, 15) is 4.79 Å². The highest BCUT2D eigenvalue weighted by Crippen LogP contribution is 2.15. The fraction of sp³-hybridized carbons (Fsp3) is 0.158. The number of anilines is 1. The van der Waals surface area contributed by atoms with Gasteiger partial charge in [0.1, 0.15) is 0 Å². The van der Waals surface area contributed by atoms with Crippen molar-refractivity contribution in [2.45, 2.75) is 13.8 Å². The van der Waals surface area contributed by atoms with Gasteiger partial charge >= 0.3 is 0 Å². The van der Waals surface area contributed by atoms with Crippen LogP contribution in [0.25, 0.3) is 10.9 Å². The molecule has 0 radical (unpaired) electrons. The number of rotatable bonds is 4. The van der Waals surface area contributed by atoms with Gasteiger partial charge in [0.05, 0.1) is 17.5 Å². The van der Waals surface area contributed by atoms with Crippen LogP contribution in [0, 0.1) is 6.92 Å². The second-order valence-electron chi connectivity index (χ2n) is 5.44. The average Bonchev–Trinajstić information content (AvgIpc) is 2.57. The molecule has 3 rings (SSSR count). The minimum absolute atomic E-state index is 0.132. The van der Waals surface area contributed by atoms with Crippen molar-refractivity contribution in [1.29, 1.82) is 0 Å². The summed E-state index contributed by atoms with van der Waals surface area (Å²) in [5, 5.41) is 7.33. The molecule has 1 heterocycles. The van der Waals surface area contributed by atoms with E-state index < -0.39 is 0 Å². The van der Waals surface area contributed by atoms with Gasteiger partial charge in [0, 0.05) is 12.1 Å². The molecule has 0 saturated heterocycles. The SMILES string of the molecule is CCN(N=Cc1cc2ccccc2[nH]c1=O)c1ccc(C)cc1. The lowest BCUT2D eigenvalue weighted by atomic mass is 10.2. The molecule has 4 nitrogen and oxygen atoms in total. The third-order valence-electron chi connectivity index (χ3n) is 3.75. The molecule has 0 unspecified atom stereocenters. The molecule has 4 heteroatoms. The Kier molecular flexibility index (Phi) is 4.24. The number of aromatic nitrogens is 1. The van der Waals surface area contributed by atoms with Crippen LogP contribution in [0.4, 0.5) is 5.69 Å². The number of aryl methyl sites for hydroxylation is 1. The molecule has 0 fully saturated rings. The quantitative estimate of drug-likeness (QED) is 0.590. The van der Waals surface area contributed by atoms with Gasteiger partial charge in [-0.1, -0.05) is 35.9 Å². The summed E-state index contributed by atoms with van der Waals surface area (Å²) in [6.07, 6.45) is 1.62. The lowest BCUT2D eigenvalue weighted by Gasteiger charge is -2.16. The second kappa shape index (κ2) is 6.48. The van der Waals surface area contributed by atoms with Crippen LogP contribution in [0.3, 0.4) is 0 Å². The molecular formula is C19H19N3O. The maximum Gasteiger partial charge on any atom is 0.257 e. The van der Waals surface area contributed by atoms with Crippen molar-refractivity contribution in [1.82, 2.24) is 4.98 Å². The molecule has 0 aliphatic carbocycles. The number of pyridine rings is 1. The fourth-order valence-corrected chi connectivity index (χ4v) is 2.44. The number of nitrogens with zero attached hydrogens (tertiary/aromatic N) is 2. The van der Waals surface area contributed by atoms with E-state index in [1.54, 1.807) is 6.21 Å². The van der Waals surface area contributed by atoms with Gasteiger partial charge in [-0.2, -0.15) is 5.10 Å². The van der Waals surface area contributed by atoms with Crippen LogP contribution in [0.1, 0.15) is 18.1 Å². The number of benzene rings is 2. The zero-order valence-electron chi connectivity index (χ0n) is 13.3. The normalized spacial score (nSPS) is 11.2. The van der Waals surface area contributed by atoms with Gasteiger partial charge in [-0.3, -0.25) is 9.80 Å². The van der Waals surface area contributed by atoms with Crippen molar-refractivity contribution in [2.75, 3.05) is 11.6 Å². The molecule has 0 amide bonds. The van der Waals surface area contributed by atoms with Gasteiger partial charge in [0.2, 0.25) is 0 Å². The molecular weight excluding hydrogens is 286 g/mol. The van der Waals surface area contributed by atoms with Gasteiger partial charge in [-0.15, -0.1) is 0 Å². The monoisotopic (exact) mass is 305 g/mol. The lowest BCUT2D eigenvalue weighted by Crippen LogP contribution is -2.18. The second-order valence-corrected chi connectivity index (χ2v) is 5.44. The van der Waals surface area contributed by atoms with Crippen molar-refractivity contribution < 1.29 is 0 Å². The summed E-state index contributed by atoms with van der Waals surface area (Å²) >= 11 is 0. The predicted octanol–water partition coefficient (Wildman–Crippen LogP) is 3.70. The summed E-state index contributed by atoms with van der Waals surface area (Å²) < 4.78 is 0. The Morgan fingerprint density at radius 3 is 2.61 bits per heavy atom. The zero-order chi connectivity index (χ0) is 16.2. The van der Waals surface area contributed by atoms with E-state index in [0.717, 1.165) is 23.1 Å². The van der Waals surface area contributed by atoms with E-state index in [0.29, 0.717) is 5.56 Å². The van der Waals surface area contributed by atoms with Gasteiger partial charge < -0.3 is 4.98 Å². The number of hydrogen-bond donors (Lipinski definition) is 1. The Hall–Kier alpha value is -2.88. The van der Waals surface area contributed by atoms with Crippen LogP contribution in [0.5, 0.6) is 0 Å². The zero-order valence-corrected chi connectivity index (χ0v) is 13.3. The Balaban J connectivity index is 1.93. The van der Waals surface area contributed by atoms with E-state index >= 15 is 0 Å². The molecule has 0 aliphatic heterocycles. The maximum atomic E-state index is 12.1. The van der Waals surface area contributed by atoms with Gasteiger partial charge in [0.15, 0.2) is 0 Å². The largest absolute Gasteiger partial charge is 0.321 e. The van der Waals surface area contributed by atoms with Crippen molar-refractivity contribution in [3.63, 3.8) is 0 Å². The smallest absolute Gasteiger partial charge is 0.257 e. The summed E-state index contributed by atoms with van der Waals surface area (Å²) in [4.78, 5) is 15.0.